The van der Waals surface area contributed by atoms with Gasteiger partial charge in [0.1, 0.15) is 0 Å². The van der Waals surface area contributed by atoms with Crippen LogP contribution in [-0.2, 0) is 20.7 Å². The van der Waals surface area contributed by atoms with Gasteiger partial charge in [0.05, 0.1) is 5.92 Å². The average Bonchev–Trinajstić information content (AvgIpc) is 2.61. The van der Waals surface area contributed by atoms with E-state index in [0.29, 0.717) is 24.4 Å². The van der Waals surface area contributed by atoms with E-state index < -0.39 is 0 Å². The standard InChI is InChI=1S/C20H22ClNO3/c1-2-18(16-8-4-3-5-9-16)20(24)25-14-19(23)22-12-11-15-7-6-10-17(21)13-15/h3-10,13,18H,2,11-12,14H2,1H3,(H,22,23)/t18-/m1/s1. The molecule has 5 heteroatoms. The maximum atomic E-state index is 12.2. The van der Waals surface area contributed by atoms with Crippen LogP contribution >= 0.6 is 11.6 Å². The molecule has 4 nitrogen and oxygen atoms in total. The smallest absolute Gasteiger partial charge is 0.313 e. The van der Waals surface area contributed by atoms with Gasteiger partial charge in [0.15, 0.2) is 6.61 Å². The molecule has 0 spiro atoms. The van der Waals surface area contributed by atoms with Crippen molar-refractivity contribution in [2.45, 2.75) is 25.7 Å². The Morgan fingerprint density at radius 1 is 1.12 bits per heavy atom. The largest absolute Gasteiger partial charge is 0.455 e. The molecule has 0 aromatic heterocycles. The Kier molecular flexibility index (Phi) is 7.48. The Morgan fingerprint density at radius 2 is 1.88 bits per heavy atom. The number of benzene rings is 2. The number of hydrogen-bond acceptors (Lipinski definition) is 3. The number of esters is 1. The topological polar surface area (TPSA) is 55.4 Å². The van der Waals surface area contributed by atoms with Gasteiger partial charge in [-0.3, -0.25) is 9.59 Å². The number of amides is 1. The summed E-state index contributed by atoms with van der Waals surface area (Å²) < 4.78 is 5.16. The minimum Gasteiger partial charge on any atom is -0.455 e. The second-order valence-electron chi connectivity index (χ2n) is 5.71. The summed E-state index contributed by atoms with van der Waals surface area (Å²) in [6.07, 6.45) is 1.29. The van der Waals surface area contributed by atoms with Gasteiger partial charge < -0.3 is 10.1 Å². The molecule has 0 heterocycles. The highest BCUT2D eigenvalue weighted by Crippen LogP contribution is 2.20. The lowest BCUT2D eigenvalue weighted by Gasteiger charge is -2.14. The van der Waals surface area contributed by atoms with Gasteiger partial charge in [0.25, 0.3) is 5.91 Å². The summed E-state index contributed by atoms with van der Waals surface area (Å²) in [6.45, 7) is 2.12. The minimum absolute atomic E-state index is 0.266. The Balaban J connectivity index is 1.74. The molecule has 1 atom stereocenters. The first-order chi connectivity index (χ1) is 12.1. The van der Waals surface area contributed by atoms with E-state index in [-0.39, 0.29) is 24.4 Å². The summed E-state index contributed by atoms with van der Waals surface area (Å²) in [4.78, 5) is 24.0. The van der Waals surface area contributed by atoms with Crippen molar-refractivity contribution in [1.82, 2.24) is 5.32 Å². The van der Waals surface area contributed by atoms with E-state index in [2.05, 4.69) is 5.32 Å². The first-order valence-corrected chi connectivity index (χ1v) is 8.70. The second-order valence-corrected chi connectivity index (χ2v) is 6.15. The third kappa shape index (κ3) is 6.24. The molecule has 132 valence electrons. The fourth-order valence-electron chi connectivity index (χ4n) is 2.55. The lowest BCUT2D eigenvalue weighted by molar-refractivity contribution is -0.150. The van der Waals surface area contributed by atoms with Crippen LogP contribution in [0.5, 0.6) is 0 Å². The van der Waals surface area contributed by atoms with Gasteiger partial charge in [-0.05, 0) is 36.1 Å². The molecule has 0 aliphatic rings. The molecule has 0 fully saturated rings. The number of halogens is 1. The van der Waals surface area contributed by atoms with Crippen molar-refractivity contribution in [1.29, 1.82) is 0 Å². The van der Waals surface area contributed by atoms with Crippen molar-refractivity contribution in [2.75, 3.05) is 13.2 Å². The van der Waals surface area contributed by atoms with E-state index in [4.69, 9.17) is 16.3 Å². The van der Waals surface area contributed by atoms with E-state index in [9.17, 15) is 9.59 Å². The van der Waals surface area contributed by atoms with Gasteiger partial charge in [-0.1, -0.05) is 61.0 Å². The summed E-state index contributed by atoms with van der Waals surface area (Å²) in [7, 11) is 0. The van der Waals surface area contributed by atoms with Crippen molar-refractivity contribution in [2.24, 2.45) is 0 Å². The third-order valence-electron chi connectivity index (χ3n) is 3.87. The predicted octanol–water partition coefficient (Wildman–Crippen LogP) is 3.74. The number of carbonyl (C=O) groups is 2. The maximum absolute atomic E-state index is 12.2. The van der Waals surface area contributed by atoms with Gasteiger partial charge >= 0.3 is 5.97 Å². The van der Waals surface area contributed by atoms with E-state index in [1.807, 2.05) is 55.5 Å². The van der Waals surface area contributed by atoms with Crippen LogP contribution in [-0.4, -0.2) is 25.0 Å². The number of nitrogens with one attached hydrogen (secondary N) is 1. The first kappa shape index (κ1) is 19.0. The number of rotatable bonds is 8. The molecular formula is C20H22ClNO3. The second kappa shape index (κ2) is 9.84. The normalized spacial score (nSPS) is 11.6. The summed E-state index contributed by atoms with van der Waals surface area (Å²) in [5, 5.41) is 3.41. The van der Waals surface area contributed by atoms with Crippen molar-refractivity contribution in [3.63, 3.8) is 0 Å². The maximum Gasteiger partial charge on any atom is 0.313 e. The number of ether oxygens (including phenoxy) is 1. The third-order valence-corrected chi connectivity index (χ3v) is 4.10. The molecule has 2 rings (SSSR count). The van der Waals surface area contributed by atoms with Crippen LogP contribution in [0.2, 0.25) is 5.02 Å². The zero-order chi connectivity index (χ0) is 18.1. The molecule has 0 aliphatic heterocycles. The lowest BCUT2D eigenvalue weighted by atomic mass is 9.97. The molecule has 0 unspecified atom stereocenters. The van der Waals surface area contributed by atoms with Crippen LogP contribution in [0, 0.1) is 0 Å². The van der Waals surface area contributed by atoms with Gasteiger partial charge in [0, 0.05) is 11.6 Å². The molecule has 1 N–H and O–H groups in total. The van der Waals surface area contributed by atoms with E-state index >= 15 is 0 Å². The summed E-state index contributed by atoms with van der Waals surface area (Å²) in [5.41, 5.74) is 1.94. The molecule has 1 amide bonds. The van der Waals surface area contributed by atoms with E-state index in [1.165, 1.54) is 0 Å². The van der Waals surface area contributed by atoms with Gasteiger partial charge in [-0.2, -0.15) is 0 Å². The van der Waals surface area contributed by atoms with E-state index in [1.54, 1.807) is 6.07 Å². The fourth-order valence-corrected chi connectivity index (χ4v) is 2.76. The average molecular weight is 360 g/mol. The summed E-state index contributed by atoms with van der Waals surface area (Å²) >= 11 is 5.92. The molecule has 0 radical (unpaired) electrons. The molecule has 0 saturated heterocycles. The van der Waals surface area contributed by atoms with Crippen LogP contribution in [0.25, 0.3) is 0 Å². The van der Waals surface area contributed by atoms with Crippen molar-refractivity contribution in [3.05, 3.63) is 70.7 Å². The molecule has 2 aromatic carbocycles. The van der Waals surface area contributed by atoms with Crippen LogP contribution in [0.3, 0.4) is 0 Å². The highest BCUT2D eigenvalue weighted by atomic mass is 35.5. The number of carbonyl (C=O) groups excluding carboxylic acids is 2. The molecule has 0 saturated carbocycles. The summed E-state index contributed by atoms with van der Waals surface area (Å²) in [5.74, 6) is -1.03. The van der Waals surface area contributed by atoms with Crippen LogP contribution in [0.1, 0.15) is 30.4 Å². The van der Waals surface area contributed by atoms with Gasteiger partial charge in [-0.25, -0.2) is 0 Å². The highest BCUT2D eigenvalue weighted by molar-refractivity contribution is 6.30. The summed E-state index contributed by atoms with van der Waals surface area (Å²) in [6, 6.07) is 16.9. The molecule has 0 aliphatic carbocycles. The molecule has 25 heavy (non-hydrogen) atoms. The lowest BCUT2D eigenvalue weighted by Crippen LogP contribution is -2.31. The Hall–Kier alpha value is -2.33. The zero-order valence-electron chi connectivity index (χ0n) is 14.2. The van der Waals surface area contributed by atoms with E-state index in [0.717, 1.165) is 11.1 Å². The monoisotopic (exact) mass is 359 g/mol. The van der Waals surface area contributed by atoms with Crippen molar-refractivity contribution in [3.8, 4) is 0 Å². The first-order valence-electron chi connectivity index (χ1n) is 8.33. The van der Waals surface area contributed by atoms with Crippen molar-refractivity contribution < 1.29 is 14.3 Å². The molecule has 2 aromatic rings. The van der Waals surface area contributed by atoms with Gasteiger partial charge in [-0.15, -0.1) is 0 Å². The molecule has 0 bridgehead atoms. The Labute approximate surface area is 153 Å². The molecular weight excluding hydrogens is 338 g/mol. The van der Waals surface area contributed by atoms with Crippen LogP contribution in [0.4, 0.5) is 0 Å². The highest BCUT2D eigenvalue weighted by Gasteiger charge is 2.20. The zero-order valence-corrected chi connectivity index (χ0v) is 15.0. The van der Waals surface area contributed by atoms with Crippen LogP contribution in [0.15, 0.2) is 54.6 Å². The Bertz CT molecular complexity index is 703. The fraction of sp³-hybridized carbons (Fsp3) is 0.300. The quantitative estimate of drug-likeness (QED) is 0.730. The van der Waals surface area contributed by atoms with Crippen molar-refractivity contribution >= 4 is 23.5 Å². The minimum atomic E-state index is -0.376. The van der Waals surface area contributed by atoms with Crippen LogP contribution < -0.4 is 5.32 Å². The SMILES string of the molecule is CC[C@@H](C(=O)OCC(=O)NCCc1cccc(Cl)c1)c1ccccc1. The van der Waals surface area contributed by atoms with Gasteiger partial charge in [0.2, 0.25) is 0 Å². The Morgan fingerprint density at radius 3 is 2.56 bits per heavy atom. The predicted molar refractivity (Wildman–Crippen MR) is 98.6 cm³/mol. The number of hydrogen-bond donors (Lipinski definition) is 1.